The Bertz CT molecular complexity index is 774. The molecule has 1 amide bonds. The first-order chi connectivity index (χ1) is 13.1. The van der Waals surface area contributed by atoms with Gasteiger partial charge in [0, 0.05) is 37.0 Å². The lowest BCUT2D eigenvalue weighted by molar-refractivity contribution is -0.0457. The van der Waals surface area contributed by atoms with Crippen LogP contribution in [0.2, 0.25) is 0 Å². The van der Waals surface area contributed by atoms with Crippen molar-refractivity contribution in [1.82, 2.24) is 20.3 Å². The molecule has 1 N–H and O–H groups in total. The van der Waals surface area contributed by atoms with Crippen LogP contribution in [-0.4, -0.2) is 52.8 Å². The van der Waals surface area contributed by atoms with Crippen LogP contribution < -0.4 is 5.32 Å². The van der Waals surface area contributed by atoms with E-state index in [1.807, 2.05) is 32.1 Å². The molecule has 1 aliphatic heterocycles. The van der Waals surface area contributed by atoms with Gasteiger partial charge < -0.3 is 14.8 Å². The Kier molecular flexibility index (Phi) is 6.62. The quantitative estimate of drug-likeness (QED) is 0.788. The van der Waals surface area contributed by atoms with Gasteiger partial charge in [-0.25, -0.2) is 9.97 Å². The minimum atomic E-state index is -0.234. The van der Waals surface area contributed by atoms with Gasteiger partial charge in [-0.15, -0.1) is 0 Å². The molecule has 2 aromatic heterocycles. The molecule has 7 nitrogen and oxygen atoms in total. The van der Waals surface area contributed by atoms with E-state index < -0.39 is 0 Å². The van der Waals surface area contributed by atoms with Gasteiger partial charge in [-0.1, -0.05) is 11.6 Å². The summed E-state index contributed by atoms with van der Waals surface area (Å²) >= 11 is 0. The lowest BCUT2D eigenvalue weighted by atomic mass is 10.1. The van der Waals surface area contributed by atoms with Crippen LogP contribution in [0, 0.1) is 0 Å². The summed E-state index contributed by atoms with van der Waals surface area (Å²) in [6.45, 7) is 5.66. The minimum Gasteiger partial charge on any atom is -0.379 e. The molecule has 0 unspecified atom stereocenters. The second-order valence-electron chi connectivity index (χ2n) is 6.63. The highest BCUT2D eigenvalue weighted by Crippen LogP contribution is 2.15. The highest BCUT2D eigenvalue weighted by molar-refractivity contribution is 5.94. The lowest BCUT2D eigenvalue weighted by Gasteiger charge is -2.31. The van der Waals surface area contributed by atoms with E-state index in [4.69, 9.17) is 9.47 Å². The van der Waals surface area contributed by atoms with Crippen LogP contribution in [0.15, 0.2) is 48.6 Å². The number of carbonyl (C=O) groups is 1. The number of pyridine rings is 1. The van der Waals surface area contributed by atoms with Crippen molar-refractivity contribution < 1.29 is 14.3 Å². The summed E-state index contributed by atoms with van der Waals surface area (Å²) in [6.07, 6.45) is 9.12. The van der Waals surface area contributed by atoms with Gasteiger partial charge in [0.1, 0.15) is 0 Å². The monoisotopic (exact) mass is 368 g/mol. The number of amides is 1. The van der Waals surface area contributed by atoms with Crippen LogP contribution in [0.3, 0.4) is 0 Å². The first kappa shape index (κ1) is 19.1. The maximum absolute atomic E-state index is 12.6. The standard InChI is InChI=1S/C20H24N4O3/c1-14(2)5-10-27-18-6-9-26-13-17(18)24-20(25)16-11-22-19(23-12-16)15-3-7-21-8-4-15/h3-5,7-8,11-12,17-18H,6,9-10,13H2,1-2H3,(H,24,25)/t17-,18+/m0/s1. The van der Waals surface area contributed by atoms with Gasteiger partial charge in [-0.2, -0.15) is 0 Å². The summed E-state index contributed by atoms with van der Waals surface area (Å²) in [4.78, 5) is 25.1. The fraction of sp³-hybridized carbons (Fsp3) is 0.400. The SMILES string of the molecule is CC(C)=CCO[C@@H]1CCOC[C@@H]1NC(=O)c1cnc(-c2ccncc2)nc1. The number of aromatic nitrogens is 3. The molecule has 2 aromatic rings. The number of carbonyl (C=O) groups excluding carboxylic acids is 1. The number of hydrogen-bond donors (Lipinski definition) is 1. The average molecular weight is 368 g/mol. The molecule has 27 heavy (non-hydrogen) atoms. The number of ether oxygens (including phenoxy) is 2. The van der Waals surface area contributed by atoms with E-state index in [0.717, 1.165) is 12.0 Å². The molecule has 2 atom stereocenters. The first-order valence-electron chi connectivity index (χ1n) is 8.99. The predicted octanol–water partition coefficient (Wildman–Crippen LogP) is 2.41. The Morgan fingerprint density at radius 1 is 1.30 bits per heavy atom. The van der Waals surface area contributed by atoms with Crippen molar-refractivity contribution in [2.45, 2.75) is 32.4 Å². The van der Waals surface area contributed by atoms with Gasteiger partial charge in [-0.05, 0) is 32.4 Å². The van der Waals surface area contributed by atoms with Crippen molar-refractivity contribution in [1.29, 1.82) is 0 Å². The van der Waals surface area contributed by atoms with Gasteiger partial charge >= 0.3 is 0 Å². The zero-order valence-corrected chi connectivity index (χ0v) is 15.6. The Labute approximate surface area is 158 Å². The molecule has 0 aliphatic carbocycles. The molecule has 0 aromatic carbocycles. The maximum Gasteiger partial charge on any atom is 0.254 e. The largest absolute Gasteiger partial charge is 0.379 e. The molecule has 3 rings (SSSR count). The van der Waals surface area contributed by atoms with Crippen LogP contribution in [0.1, 0.15) is 30.6 Å². The van der Waals surface area contributed by atoms with Crippen molar-refractivity contribution in [3.63, 3.8) is 0 Å². The normalized spacial score (nSPS) is 19.3. The van der Waals surface area contributed by atoms with Gasteiger partial charge in [-0.3, -0.25) is 9.78 Å². The second kappa shape index (κ2) is 9.34. The summed E-state index contributed by atoms with van der Waals surface area (Å²) in [6, 6.07) is 3.45. The molecule has 1 aliphatic rings. The summed E-state index contributed by atoms with van der Waals surface area (Å²) in [5.41, 5.74) is 2.46. The van der Waals surface area contributed by atoms with Crippen LogP contribution in [0.5, 0.6) is 0 Å². The van der Waals surface area contributed by atoms with Crippen molar-refractivity contribution >= 4 is 5.91 Å². The van der Waals surface area contributed by atoms with Gasteiger partial charge in [0.2, 0.25) is 0 Å². The second-order valence-corrected chi connectivity index (χ2v) is 6.63. The van der Waals surface area contributed by atoms with Crippen LogP contribution in [-0.2, 0) is 9.47 Å². The van der Waals surface area contributed by atoms with Crippen molar-refractivity contribution in [2.24, 2.45) is 0 Å². The predicted molar refractivity (Wildman–Crippen MR) is 101 cm³/mol. The Balaban J connectivity index is 1.62. The number of hydrogen-bond acceptors (Lipinski definition) is 6. The van der Waals surface area contributed by atoms with Crippen LogP contribution >= 0.6 is 0 Å². The number of nitrogens with zero attached hydrogens (tertiary/aromatic N) is 3. The Morgan fingerprint density at radius 3 is 2.74 bits per heavy atom. The molecule has 0 bridgehead atoms. The molecule has 7 heteroatoms. The third kappa shape index (κ3) is 5.42. The smallest absolute Gasteiger partial charge is 0.254 e. The summed E-state index contributed by atoms with van der Waals surface area (Å²) < 4.78 is 11.4. The minimum absolute atomic E-state index is 0.0738. The van der Waals surface area contributed by atoms with E-state index in [1.165, 1.54) is 18.0 Å². The molecule has 0 spiro atoms. The number of rotatable bonds is 6. The zero-order chi connectivity index (χ0) is 19.1. The molecule has 142 valence electrons. The number of allylic oxidation sites excluding steroid dienone is 1. The van der Waals surface area contributed by atoms with Crippen molar-refractivity contribution in [3.8, 4) is 11.4 Å². The molecular formula is C20H24N4O3. The van der Waals surface area contributed by atoms with E-state index in [-0.39, 0.29) is 18.1 Å². The third-order valence-electron chi connectivity index (χ3n) is 4.26. The highest BCUT2D eigenvalue weighted by atomic mass is 16.5. The maximum atomic E-state index is 12.6. The summed E-state index contributed by atoms with van der Waals surface area (Å²) in [5.74, 6) is 0.320. The number of nitrogens with one attached hydrogen (secondary N) is 1. The molecule has 0 saturated carbocycles. The van der Waals surface area contributed by atoms with Crippen LogP contribution in [0.25, 0.3) is 11.4 Å². The highest BCUT2D eigenvalue weighted by Gasteiger charge is 2.28. The Hall–Kier alpha value is -2.64. The molecule has 0 radical (unpaired) electrons. The van der Waals surface area contributed by atoms with Crippen LogP contribution in [0.4, 0.5) is 0 Å². The van der Waals surface area contributed by atoms with E-state index in [9.17, 15) is 4.79 Å². The van der Waals surface area contributed by atoms with E-state index in [2.05, 4.69) is 20.3 Å². The summed E-state index contributed by atoms with van der Waals surface area (Å²) in [5, 5.41) is 2.98. The topological polar surface area (TPSA) is 86.2 Å². The fourth-order valence-electron chi connectivity index (χ4n) is 2.74. The Morgan fingerprint density at radius 2 is 2.04 bits per heavy atom. The molecular weight excluding hydrogens is 344 g/mol. The van der Waals surface area contributed by atoms with E-state index in [1.54, 1.807) is 12.4 Å². The van der Waals surface area contributed by atoms with E-state index >= 15 is 0 Å². The molecule has 3 heterocycles. The lowest BCUT2D eigenvalue weighted by Crippen LogP contribution is -2.50. The van der Waals surface area contributed by atoms with Gasteiger partial charge in [0.25, 0.3) is 5.91 Å². The van der Waals surface area contributed by atoms with Gasteiger partial charge in [0.15, 0.2) is 5.82 Å². The van der Waals surface area contributed by atoms with E-state index in [0.29, 0.717) is 31.2 Å². The fourth-order valence-corrected chi connectivity index (χ4v) is 2.74. The molecule has 1 fully saturated rings. The zero-order valence-electron chi connectivity index (χ0n) is 15.6. The van der Waals surface area contributed by atoms with Gasteiger partial charge in [0.05, 0.1) is 30.9 Å². The average Bonchev–Trinajstić information content (AvgIpc) is 2.70. The first-order valence-corrected chi connectivity index (χ1v) is 8.99. The van der Waals surface area contributed by atoms with Crippen molar-refractivity contribution in [3.05, 3.63) is 54.1 Å². The summed E-state index contributed by atoms with van der Waals surface area (Å²) in [7, 11) is 0. The third-order valence-corrected chi connectivity index (χ3v) is 4.26. The molecule has 1 saturated heterocycles. The van der Waals surface area contributed by atoms with Crippen molar-refractivity contribution in [2.75, 3.05) is 19.8 Å².